The van der Waals surface area contributed by atoms with Gasteiger partial charge >= 0.3 is 0 Å². The lowest BCUT2D eigenvalue weighted by Gasteiger charge is -2.34. The summed E-state index contributed by atoms with van der Waals surface area (Å²) in [4.78, 5) is 16.1. The van der Waals surface area contributed by atoms with Crippen molar-refractivity contribution in [1.82, 2.24) is 15.5 Å². The Balaban J connectivity index is 1.58. The molecule has 0 bridgehead atoms. The second-order valence-electron chi connectivity index (χ2n) is 5.97. The molecule has 1 aromatic rings. The fourth-order valence-electron chi connectivity index (χ4n) is 3.20. The first-order valence-corrected chi connectivity index (χ1v) is 9.06. The van der Waals surface area contributed by atoms with E-state index in [0.29, 0.717) is 6.54 Å². The number of hydrogen-bond donors (Lipinski definition) is 2. The van der Waals surface area contributed by atoms with E-state index < -0.39 is 0 Å². The molecule has 3 heterocycles. The van der Waals surface area contributed by atoms with E-state index in [2.05, 4.69) is 33.0 Å². The van der Waals surface area contributed by atoms with Crippen molar-refractivity contribution in [3.8, 4) is 0 Å². The Morgan fingerprint density at radius 2 is 2.36 bits per heavy atom. The first kappa shape index (κ1) is 15.9. The number of nitrogens with one attached hydrogen (secondary N) is 2. The maximum absolute atomic E-state index is 12.4. The maximum Gasteiger partial charge on any atom is 0.224 e. The van der Waals surface area contributed by atoms with Gasteiger partial charge in [0.05, 0.1) is 25.2 Å². The van der Waals surface area contributed by atoms with Gasteiger partial charge in [-0.25, -0.2) is 0 Å². The van der Waals surface area contributed by atoms with Gasteiger partial charge in [0.1, 0.15) is 0 Å². The van der Waals surface area contributed by atoms with Crippen LogP contribution < -0.4 is 10.6 Å². The van der Waals surface area contributed by atoms with Gasteiger partial charge in [-0.2, -0.15) is 0 Å². The van der Waals surface area contributed by atoms with E-state index in [1.165, 1.54) is 4.88 Å². The van der Waals surface area contributed by atoms with Gasteiger partial charge in [-0.15, -0.1) is 11.3 Å². The Kier molecular flexibility index (Phi) is 5.83. The van der Waals surface area contributed by atoms with Crippen LogP contribution in [0.2, 0.25) is 0 Å². The summed E-state index contributed by atoms with van der Waals surface area (Å²) in [5, 5.41) is 8.60. The molecule has 2 saturated heterocycles. The van der Waals surface area contributed by atoms with E-state index in [0.717, 1.165) is 52.2 Å². The molecule has 22 heavy (non-hydrogen) atoms. The van der Waals surface area contributed by atoms with Crippen LogP contribution >= 0.6 is 11.3 Å². The molecule has 5 nitrogen and oxygen atoms in total. The lowest BCUT2D eigenvalue weighted by Crippen LogP contribution is -2.46. The molecular weight excluding hydrogens is 298 g/mol. The second-order valence-corrected chi connectivity index (χ2v) is 6.95. The summed E-state index contributed by atoms with van der Waals surface area (Å²) >= 11 is 1.77. The SMILES string of the molecule is O=C(NCC(c1cccs1)N1CCOCC1)C1CCCNC1. The third kappa shape index (κ3) is 4.07. The van der Waals surface area contributed by atoms with Crippen molar-refractivity contribution in [3.63, 3.8) is 0 Å². The van der Waals surface area contributed by atoms with Crippen molar-refractivity contribution in [2.75, 3.05) is 45.9 Å². The Morgan fingerprint density at radius 3 is 3.05 bits per heavy atom. The zero-order valence-corrected chi connectivity index (χ0v) is 13.7. The molecule has 2 atom stereocenters. The number of nitrogens with zero attached hydrogens (tertiary/aromatic N) is 1. The minimum Gasteiger partial charge on any atom is -0.379 e. The largest absolute Gasteiger partial charge is 0.379 e. The summed E-state index contributed by atoms with van der Waals surface area (Å²) in [6, 6.07) is 4.52. The molecule has 0 spiro atoms. The first-order valence-electron chi connectivity index (χ1n) is 8.18. The van der Waals surface area contributed by atoms with E-state index in [1.54, 1.807) is 11.3 Å². The summed E-state index contributed by atoms with van der Waals surface area (Å²) in [5.41, 5.74) is 0. The predicted octanol–water partition coefficient (Wildman–Crippen LogP) is 1.24. The van der Waals surface area contributed by atoms with Crippen molar-refractivity contribution in [1.29, 1.82) is 0 Å². The van der Waals surface area contributed by atoms with E-state index >= 15 is 0 Å². The van der Waals surface area contributed by atoms with Crippen LogP contribution in [0.1, 0.15) is 23.8 Å². The Hall–Kier alpha value is -0.950. The molecule has 1 aromatic heterocycles. The molecular formula is C16H25N3O2S. The monoisotopic (exact) mass is 323 g/mol. The number of rotatable bonds is 5. The third-order valence-corrected chi connectivity index (χ3v) is 5.47. The third-order valence-electron chi connectivity index (χ3n) is 4.50. The van der Waals surface area contributed by atoms with Crippen molar-refractivity contribution < 1.29 is 9.53 Å². The molecule has 2 N–H and O–H groups in total. The van der Waals surface area contributed by atoms with E-state index in [4.69, 9.17) is 4.74 Å². The maximum atomic E-state index is 12.4. The average Bonchev–Trinajstić information content (AvgIpc) is 3.11. The smallest absolute Gasteiger partial charge is 0.224 e. The number of piperidine rings is 1. The molecule has 3 rings (SSSR count). The molecule has 0 radical (unpaired) electrons. The number of ether oxygens (including phenoxy) is 1. The minimum atomic E-state index is 0.127. The van der Waals surface area contributed by atoms with Gasteiger partial charge in [-0.05, 0) is 30.8 Å². The van der Waals surface area contributed by atoms with Crippen LogP contribution in [0.15, 0.2) is 17.5 Å². The number of amides is 1. The fourth-order valence-corrected chi connectivity index (χ4v) is 4.06. The molecule has 6 heteroatoms. The Bertz CT molecular complexity index is 454. The summed E-state index contributed by atoms with van der Waals surface area (Å²) in [5.74, 6) is 0.324. The van der Waals surface area contributed by atoms with Crippen molar-refractivity contribution in [2.45, 2.75) is 18.9 Å². The second kappa shape index (κ2) is 8.06. The molecule has 1 amide bonds. The summed E-state index contributed by atoms with van der Waals surface area (Å²) in [7, 11) is 0. The van der Waals surface area contributed by atoms with Gasteiger partial charge in [0.15, 0.2) is 0 Å². The number of hydrogen-bond acceptors (Lipinski definition) is 5. The topological polar surface area (TPSA) is 53.6 Å². The van der Waals surface area contributed by atoms with Gasteiger partial charge in [-0.1, -0.05) is 6.07 Å². The zero-order valence-electron chi connectivity index (χ0n) is 12.9. The number of carbonyl (C=O) groups is 1. The zero-order chi connectivity index (χ0) is 15.2. The van der Waals surface area contributed by atoms with E-state index in [9.17, 15) is 4.79 Å². The first-order chi connectivity index (χ1) is 10.8. The lowest BCUT2D eigenvalue weighted by atomic mass is 9.99. The van der Waals surface area contributed by atoms with Crippen LogP contribution in [0, 0.1) is 5.92 Å². The molecule has 0 saturated carbocycles. The van der Waals surface area contributed by atoms with Crippen molar-refractivity contribution in [3.05, 3.63) is 22.4 Å². The molecule has 122 valence electrons. The summed E-state index contributed by atoms with van der Waals surface area (Å²) in [6.07, 6.45) is 2.09. The number of carbonyl (C=O) groups excluding carboxylic acids is 1. The molecule has 2 aliphatic heterocycles. The molecule has 0 aliphatic carbocycles. The normalized spacial score (nSPS) is 24.8. The summed E-state index contributed by atoms with van der Waals surface area (Å²) < 4.78 is 5.45. The van der Waals surface area contributed by atoms with E-state index in [1.807, 2.05) is 0 Å². The fraction of sp³-hybridized carbons (Fsp3) is 0.688. The highest BCUT2D eigenvalue weighted by molar-refractivity contribution is 7.10. The highest BCUT2D eigenvalue weighted by atomic mass is 32.1. The number of morpholine rings is 1. The molecule has 2 unspecified atom stereocenters. The lowest BCUT2D eigenvalue weighted by molar-refractivity contribution is -0.125. The van der Waals surface area contributed by atoms with Gasteiger partial charge in [0.2, 0.25) is 5.91 Å². The van der Waals surface area contributed by atoms with Crippen LogP contribution in [0.4, 0.5) is 0 Å². The van der Waals surface area contributed by atoms with Gasteiger partial charge in [0.25, 0.3) is 0 Å². The van der Waals surface area contributed by atoms with Crippen LogP contribution in [-0.2, 0) is 9.53 Å². The standard InChI is InChI=1S/C16H25N3O2S/c20-16(13-3-1-5-17-11-13)18-12-14(15-4-2-10-22-15)19-6-8-21-9-7-19/h2,4,10,13-14,17H,1,3,5-9,11-12H2,(H,18,20). The highest BCUT2D eigenvalue weighted by Crippen LogP contribution is 2.25. The molecule has 2 fully saturated rings. The van der Waals surface area contributed by atoms with Crippen LogP contribution in [0.5, 0.6) is 0 Å². The van der Waals surface area contributed by atoms with Crippen LogP contribution in [-0.4, -0.2) is 56.7 Å². The van der Waals surface area contributed by atoms with Gasteiger partial charge in [-0.3, -0.25) is 9.69 Å². The average molecular weight is 323 g/mol. The Labute approximate surface area is 136 Å². The minimum absolute atomic E-state index is 0.127. The quantitative estimate of drug-likeness (QED) is 0.856. The van der Waals surface area contributed by atoms with Crippen LogP contribution in [0.3, 0.4) is 0 Å². The number of thiophene rings is 1. The molecule has 0 aromatic carbocycles. The van der Waals surface area contributed by atoms with Crippen molar-refractivity contribution in [2.24, 2.45) is 5.92 Å². The van der Waals surface area contributed by atoms with Gasteiger partial charge in [0, 0.05) is 31.1 Å². The molecule has 2 aliphatic rings. The highest BCUT2D eigenvalue weighted by Gasteiger charge is 2.26. The van der Waals surface area contributed by atoms with Crippen molar-refractivity contribution >= 4 is 17.2 Å². The van der Waals surface area contributed by atoms with Gasteiger partial charge < -0.3 is 15.4 Å². The van der Waals surface area contributed by atoms with E-state index in [-0.39, 0.29) is 17.9 Å². The predicted molar refractivity (Wildman–Crippen MR) is 88.1 cm³/mol. The Morgan fingerprint density at radius 1 is 1.50 bits per heavy atom. The summed E-state index contributed by atoms with van der Waals surface area (Å²) in [6.45, 7) is 5.97. The van der Waals surface area contributed by atoms with Crippen LogP contribution in [0.25, 0.3) is 0 Å².